The standard InChI is InChI=1S/C6H13NO4/c1-7-4-3(2-8)11-6(10)5(4)9/h3-10H,2H2,1H3. The summed E-state index contributed by atoms with van der Waals surface area (Å²) in [6.45, 7) is -0.209. The third-order valence-corrected chi connectivity index (χ3v) is 1.89. The quantitative estimate of drug-likeness (QED) is 0.366. The normalized spacial score (nSPS) is 44.7. The first-order valence-corrected chi connectivity index (χ1v) is 3.50. The Bertz CT molecular complexity index is 132. The molecule has 4 atom stereocenters. The maximum atomic E-state index is 9.21. The van der Waals surface area contributed by atoms with E-state index in [1.807, 2.05) is 0 Å². The minimum atomic E-state index is -1.19. The first-order valence-electron chi connectivity index (χ1n) is 3.50. The van der Waals surface area contributed by atoms with Gasteiger partial charge in [-0.2, -0.15) is 0 Å². The number of aliphatic hydroxyl groups is 3. The maximum Gasteiger partial charge on any atom is 0.182 e. The molecule has 0 aliphatic carbocycles. The van der Waals surface area contributed by atoms with Gasteiger partial charge in [-0.15, -0.1) is 0 Å². The summed E-state index contributed by atoms with van der Waals surface area (Å²) in [4.78, 5) is 0. The van der Waals surface area contributed by atoms with Crippen LogP contribution in [0.25, 0.3) is 0 Å². The van der Waals surface area contributed by atoms with Crippen molar-refractivity contribution in [3.63, 3.8) is 0 Å². The Balaban J connectivity index is 2.57. The Morgan fingerprint density at radius 2 is 2.09 bits per heavy atom. The fraction of sp³-hybridized carbons (Fsp3) is 1.00. The molecule has 0 bridgehead atoms. The number of aliphatic hydroxyl groups excluding tert-OH is 3. The fourth-order valence-corrected chi connectivity index (χ4v) is 1.25. The molecule has 4 unspecified atom stereocenters. The second kappa shape index (κ2) is 3.46. The van der Waals surface area contributed by atoms with Crippen molar-refractivity contribution in [3.8, 4) is 0 Å². The molecular weight excluding hydrogens is 150 g/mol. The summed E-state index contributed by atoms with van der Waals surface area (Å²) in [6.07, 6.45) is -2.67. The molecule has 5 nitrogen and oxygen atoms in total. The molecule has 0 radical (unpaired) electrons. The molecule has 66 valence electrons. The Labute approximate surface area is 64.6 Å². The van der Waals surface area contributed by atoms with E-state index in [1.54, 1.807) is 7.05 Å². The summed E-state index contributed by atoms with van der Waals surface area (Å²) >= 11 is 0. The average molecular weight is 163 g/mol. The molecule has 1 fully saturated rings. The monoisotopic (exact) mass is 163 g/mol. The van der Waals surface area contributed by atoms with Crippen molar-refractivity contribution < 1.29 is 20.1 Å². The van der Waals surface area contributed by atoms with Crippen LogP contribution in [-0.2, 0) is 4.74 Å². The van der Waals surface area contributed by atoms with E-state index >= 15 is 0 Å². The first kappa shape index (κ1) is 8.89. The molecule has 1 aliphatic heterocycles. The highest BCUT2D eigenvalue weighted by Crippen LogP contribution is 2.18. The summed E-state index contributed by atoms with van der Waals surface area (Å²) in [5.74, 6) is 0. The Hall–Kier alpha value is -0.200. The number of ether oxygens (including phenoxy) is 1. The lowest BCUT2D eigenvalue weighted by Crippen LogP contribution is -2.44. The lowest BCUT2D eigenvalue weighted by molar-refractivity contribution is -0.132. The molecule has 4 N–H and O–H groups in total. The molecule has 0 amide bonds. The highest BCUT2D eigenvalue weighted by atomic mass is 16.6. The van der Waals surface area contributed by atoms with E-state index in [2.05, 4.69) is 5.32 Å². The summed E-state index contributed by atoms with van der Waals surface area (Å²) in [6, 6.07) is -0.394. The van der Waals surface area contributed by atoms with E-state index in [9.17, 15) is 5.11 Å². The topological polar surface area (TPSA) is 82.0 Å². The van der Waals surface area contributed by atoms with Crippen LogP contribution >= 0.6 is 0 Å². The third kappa shape index (κ3) is 1.52. The maximum absolute atomic E-state index is 9.21. The first-order chi connectivity index (χ1) is 5.20. The zero-order valence-electron chi connectivity index (χ0n) is 6.27. The van der Waals surface area contributed by atoms with Crippen molar-refractivity contribution >= 4 is 0 Å². The van der Waals surface area contributed by atoms with Gasteiger partial charge < -0.3 is 25.4 Å². The van der Waals surface area contributed by atoms with Crippen LogP contribution in [0, 0.1) is 0 Å². The lowest BCUT2D eigenvalue weighted by atomic mass is 10.1. The fourth-order valence-electron chi connectivity index (χ4n) is 1.25. The van der Waals surface area contributed by atoms with Gasteiger partial charge in [0.05, 0.1) is 12.6 Å². The Morgan fingerprint density at radius 3 is 2.45 bits per heavy atom. The van der Waals surface area contributed by atoms with Crippen LogP contribution < -0.4 is 5.32 Å². The van der Waals surface area contributed by atoms with E-state index in [0.29, 0.717) is 0 Å². The predicted molar refractivity (Wildman–Crippen MR) is 36.8 cm³/mol. The van der Waals surface area contributed by atoms with Crippen LogP contribution in [0.15, 0.2) is 0 Å². The molecule has 1 aliphatic rings. The molecule has 1 heterocycles. The molecule has 1 rings (SSSR count). The van der Waals surface area contributed by atoms with Crippen LogP contribution in [0.3, 0.4) is 0 Å². The molecule has 0 saturated carbocycles. The molecule has 0 aromatic rings. The zero-order valence-corrected chi connectivity index (χ0v) is 6.27. The van der Waals surface area contributed by atoms with E-state index in [0.717, 1.165) is 0 Å². The minimum Gasteiger partial charge on any atom is -0.394 e. The second-order valence-electron chi connectivity index (χ2n) is 2.55. The minimum absolute atomic E-state index is 0.209. The lowest BCUT2D eigenvalue weighted by Gasteiger charge is -2.16. The highest BCUT2D eigenvalue weighted by Gasteiger charge is 2.41. The summed E-state index contributed by atoms with van der Waals surface area (Å²) in [7, 11) is 1.64. The average Bonchev–Trinajstić information content (AvgIpc) is 2.28. The van der Waals surface area contributed by atoms with Crippen molar-refractivity contribution in [3.05, 3.63) is 0 Å². The van der Waals surface area contributed by atoms with Gasteiger partial charge in [-0.1, -0.05) is 0 Å². The summed E-state index contributed by atoms with van der Waals surface area (Å²) < 4.78 is 4.82. The van der Waals surface area contributed by atoms with E-state index in [1.165, 1.54) is 0 Å². The number of rotatable bonds is 2. The van der Waals surface area contributed by atoms with Crippen LogP contribution in [0.4, 0.5) is 0 Å². The van der Waals surface area contributed by atoms with Crippen LogP contribution in [0.5, 0.6) is 0 Å². The summed E-state index contributed by atoms with van der Waals surface area (Å²) in [5, 5.41) is 29.7. The van der Waals surface area contributed by atoms with Crippen molar-refractivity contribution in [2.45, 2.75) is 24.5 Å². The van der Waals surface area contributed by atoms with Gasteiger partial charge >= 0.3 is 0 Å². The van der Waals surface area contributed by atoms with Gasteiger partial charge in [-0.3, -0.25) is 0 Å². The number of hydrogen-bond donors (Lipinski definition) is 4. The predicted octanol–water partition coefficient (Wildman–Crippen LogP) is -2.36. The van der Waals surface area contributed by atoms with E-state index < -0.39 is 24.5 Å². The van der Waals surface area contributed by atoms with Crippen LogP contribution in [-0.4, -0.2) is 53.5 Å². The van der Waals surface area contributed by atoms with E-state index in [4.69, 9.17) is 14.9 Å². The molecule has 0 spiro atoms. The third-order valence-electron chi connectivity index (χ3n) is 1.89. The van der Waals surface area contributed by atoms with Gasteiger partial charge in [0.2, 0.25) is 0 Å². The molecule has 0 aromatic heterocycles. The van der Waals surface area contributed by atoms with E-state index in [-0.39, 0.29) is 6.61 Å². The molecular formula is C6H13NO4. The molecule has 0 aromatic carbocycles. The van der Waals surface area contributed by atoms with Crippen molar-refractivity contribution in [1.82, 2.24) is 5.32 Å². The van der Waals surface area contributed by atoms with Crippen LogP contribution in [0.1, 0.15) is 0 Å². The number of likely N-dealkylation sites (N-methyl/N-ethyl adjacent to an activating group) is 1. The van der Waals surface area contributed by atoms with Gasteiger partial charge in [0.1, 0.15) is 12.2 Å². The van der Waals surface area contributed by atoms with Crippen molar-refractivity contribution in [2.24, 2.45) is 0 Å². The van der Waals surface area contributed by atoms with Gasteiger partial charge in [0.15, 0.2) is 6.29 Å². The largest absolute Gasteiger partial charge is 0.394 e. The van der Waals surface area contributed by atoms with Crippen molar-refractivity contribution in [2.75, 3.05) is 13.7 Å². The smallest absolute Gasteiger partial charge is 0.182 e. The molecule has 1 saturated heterocycles. The number of nitrogens with one attached hydrogen (secondary N) is 1. The highest BCUT2D eigenvalue weighted by molar-refractivity contribution is 4.90. The Kier molecular flexibility index (Phi) is 2.80. The number of hydrogen-bond acceptors (Lipinski definition) is 5. The van der Waals surface area contributed by atoms with Gasteiger partial charge in [-0.25, -0.2) is 0 Å². The van der Waals surface area contributed by atoms with Crippen molar-refractivity contribution in [1.29, 1.82) is 0 Å². The van der Waals surface area contributed by atoms with Gasteiger partial charge in [0.25, 0.3) is 0 Å². The zero-order chi connectivity index (χ0) is 8.43. The molecule has 5 heteroatoms. The Morgan fingerprint density at radius 1 is 1.45 bits per heavy atom. The summed E-state index contributed by atoms with van der Waals surface area (Å²) in [5.41, 5.74) is 0. The van der Waals surface area contributed by atoms with Crippen LogP contribution in [0.2, 0.25) is 0 Å². The molecule has 11 heavy (non-hydrogen) atoms. The second-order valence-corrected chi connectivity index (χ2v) is 2.55. The SMILES string of the molecule is CNC1C(CO)OC(O)C1O. The van der Waals surface area contributed by atoms with Gasteiger partial charge in [-0.05, 0) is 7.05 Å². The van der Waals surface area contributed by atoms with Gasteiger partial charge in [0, 0.05) is 0 Å².